The van der Waals surface area contributed by atoms with E-state index in [2.05, 4.69) is 0 Å². The number of phenols is 2. The van der Waals surface area contributed by atoms with E-state index in [1.54, 1.807) is 36.4 Å². The Labute approximate surface area is 161 Å². The number of benzene rings is 2. The first kappa shape index (κ1) is 20.1. The van der Waals surface area contributed by atoms with Crippen molar-refractivity contribution in [3.63, 3.8) is 0 Å². The maximum Gasteiger partial charge on any atom is 0.229 e. The van der Waals surface area contributed by atoms with E-state index >= 15 is 0 Å². The summed E-state index contributed by atoms with van der Waals surface area (Å²) in [6, 6.07) is 11.0. The molecule has 1 aliphatic heterocycles. The predicted octanol–water partition coefficient (Wildman–Crippen LogP) is 0.447. The van der Waals surface area contributed by atoms with Gasteiger partial charge in [-0.15, -0.1) is 0 Å². The van der Waals surface area contributed by atoms with Gasteiger partial charge in [0.05, 0.1) is 6.61 Å². The molecule has 0 unspecified atom stereocenters. The SMILES string of the molecule is OC[C@@H]1O[C@H](Oc2ccc(C=Cc3cc(O)cc(O)c3)cc2)[C@@H](O)[C@H](O)[C@H]1O. The minimum atomic E-state index is -1.50. The Balaban J connectivity index is 1.66. The van der Waals surface area contributed by atoms with Gasteiger partial charge in [0.2, 0.25) is 6.29 Å². The monoisotopic (exact) mass is 390 g/mol. The summed E-state index contributed by atoms with van der Waals surface area (Å²) >= 11 is 0. The smallest absolute Gasteiger partial charge is 0.229 e. The predicted molar refractivity (Wildman–Crippen MR) is 99.5 cm³/mol. The Hall–Kier alpha value is -2.62. The molecule has 3 rings (SSSR count). The highest BCUT2D eigenvalue weighted by atomic mass is 16.7. The third-order valence-corrected chi connectivity index (χ3v) is 4.37. The first-order valence-electron chi connectivity index (χ1n) is 8.65. The van der Waals surface area contributed by atoms with E-state index in [0.717, 1.165) is 5.56 Å². The lowest BCUT2D eigenvalue weighted by molar-refractivity contribution is -0.277. The van der Waals surface area contributed by atoms with Crippen LogP contribution in [0.15, 0.2) is 42.5 Å². The quantitative estimate of drug-likeness (QED) is 0.405. The minimum Gasteiger partial charge on any atom is -0.508 e. The van der Waals surface area contributed by atoms with Gasteiger partial charge in [-0.3, -0.25) is 0 Å². The number of hydrogen-bond donors (Lipinski definition) is 6. The van der Waals surface area contributed by atoms with Crippen LogP contribution in [0.4, 0.5) is 0 Å². The van der Waals surface area contributed by atoms with Crippen molar-refractivity contribution in [2.24, 2.45) is 0 Å². The van der Waals surface area contributed by atoms with Crippen molar-refractivity contribution in [3.8, 4) is 17.2 Å². The zero-order chi connectivity index (χ0) is 20.3. The number of aliphatic hydroxyl groups is 4. The summed E-state index contributed by atoms with van der Waals surface area (Å²) in [4.78, 5) is 0. The number of aliphatic hydroxyl groups excluding tert-OH is 4. The third kappa shape index (κ3) is 4.61. The van der Waals surface area contributed by atoms with Gasteiger partial charge in [-0.2, -0.15) is 0 Å². The van der Waals surface area contributed by atoms with E-state index in [-0.39, 0.29) is 11.5 Å². The molecule has 1 fully saturated rings. The molecular formula is C20H22O8. The lowest BCUT2D eigenvalue weighted by atomic mass is 9.99. The molecule has 0 bridgehead atoms. The summed E-state index contributed by atoms with van der Waals surface area (Å²) in [6.07, 6.45) is -3.22. The first-order valence-corrected chi connectivity index (χ1v) is 8.65. The van der Waals surface area contributed by atoms with E-state index in [0.29, 0.717) is 11.3 Å². The van der Waals surface area contributed by atoms with Crippen LogP contribution in [-0.4, -0.2) is 68.0 Å². The van der Waals surface area contributed by atoms with Crippen molar-refractivity contribution in [3.05, 3.63) is 53.6 Å². The maximum atomic E-state index is 10.00. The van der Waals surface area contributed by atoms with Crippen LogP contribution in [0.25, 0.3) is 12.2 Å². The number of ether oxygens (including phenoxy) is 2. The molecule has 1 heterocycles. The van der Waals surface area contributed by atoms with E-state index in [1.165, 1.54) is 18.2 Å². The molecule has 0 amide bonds. The van der Waals surface area contributed by atoms with Crippen molar-refractivity contribution in [1.82, 2.24) is 0 Å². The van der Waals surface area contributed by atoms with Gasteiger partial charge in [-0.25, -0.2) is 0 Å². The van der Waals surface area contributed by atoms with Crippen molar-refractivity contribution in [2.45, 2.75) is 30.7 Å². The van der Waals surface area contributed by atoms with Gasteiger partial charge >= 0.3 is 0 Å². The molecule has 2 aromatic rings. The molecular weight excluding hydrogens is 368 g/mol. The Kier molecular flexibility index (Phi) is 6.18. The average molecular weight is 390 g/mol. The van der Waals surface area contributed by atoms with E-state index in [1.807, 2.05) is 0 Å². The van der Waals surface area contributed by atoms with Gasteiger partial charge in [-0.05, 0) is 35.4 Å². The molecule has 5 atom stereocenters. The standard InChI is InChI=1S/C20H22O8/c21-10-16-17(24)18(25)19(26)20(28-16)27-15-5-3-11(4-6-15)1-2-12-7-13(22)9-14(23)8-12/h1-9,16-26H,10H2/t16-,17-,18+,19-,20-/m0/s1. The summed E-state index contributed by atoms with van der Waals surface area (Å²) < 4.78 is 10.8. The number of phenolic OH excluding ortho intramolecular Hbond substituents is 2. The largest absolute Gasteiger partial charge is 0.508 e. The van der Waals surface area contributed by atoms with E-state index in [4.69, 9.17) is 9.47 Å². The van der Waals surface area contributed by atoms with E-state index < -0.39 is 37.3 Å². The van der Waals surface area contributed by atoms with Crippen LogP contribution in [0.5, 0.6) is 17.2 Å². The van der Waals surface area contributed by atoms with Crippen LogP contribution in [0.2, 0.25) is 0 Å². The molecule has 1 saturated heterocycles. The highest BCUT2D eigenvalue weighted by molar-refractivity contribution is 5.71. The zero-order valence-electron chi connectivity index (χ0n) is 14.8. The summed E-state index contributed by atoms with van der Waals surface area (Å²) in [5.74, 6) is 0.280. The molecule has 1 aliphatic rings. The fourth-order valence-corrected chi connectivity index (χ4v) is 2.86. The summed E-state index contributed by atoms with van der Waals surface area (Å²) in [7, 11) is 0. The number of aromatic hydroxyl groups is 2. The van der Waals surface area contributed by atoms with Gasteiger partial charge < -0.3 is 40.1 Å². The van der Waals surface area contributed by atoms with E-state index in [9.17, 15) is 30.6 Å². The molecule has 8 heteroatoms. The summed E-state index contributed by atoms with van der Waals surface area (Å²) in [6.45, 7) is -0.529. The Morgan fingerprint density at radius 3 is 2.04 bits per heavy atom. The Bertz CT molecular complexity index is 797. The van der Waals surface area contributed by atoms with Crippen LogP contribution in [-0.2, 0) is 4.74 Å². The van der Waals surface area contributed by atoms with Crippen LogP contribution in [0, 0.1) is 0 Å². The van der Waals surface area contributed by atoms with Crippen LogP contribution in [0.1, 0.15) is 11.1 Å². The third-order valence-electron chi connectivity index (χ3n) is 4.37. The van der Waals surface area contributed by atoms with Gasteiger partial charge in [0.15, 0.2) is 0 Å². The molecule has 0 spiro atoms. The van der Waals surface area contributed by atoms with Crippen molar-refractivity contribution in [2.75, 3.05) is 6.61 Å². The van der Waals surface area contributed by atoms with Crippen LogP contribution in [0.3, 0.4) is 0 Å². The fraction of sp³-hybridized carbons (Fsp3) is 0.300. The summed E-state index contributed by atoms with van der Waals surface area (Å²) in [5.41, 5.74) is 1.43. The summed E-state index contributed by atoms with van der Waals surface area (Å²) in [5, 5.41) is 57.7. The second-order valence-corrected chi connectivity index (χ2v) is 6.50. The number of hydrogen-bond acceptors (Lipinski definition) is 8. The molecule has 0 aliphatic carbocycles. The molecule has 0 saturated carbocycles. The van der Waals surface area contributed by atoms with Crippen molar-refractivity contribution >= 4 is 12.2 Å². The lowest BCUT2D eigenvalue weighted by Crippen LogP contribution is -2.60. The topological polar surface area (TPSA) is 140 Å². The van der Waals surface area contributed by atoms with Gasteiger partial charge in [0.1, 0.15) is 41.7 Å². The van der Waals surface area contributed by atoms with Gasteiger partial charge in [0.25, 0.3) is 0 Å². The Morgan fingerprint density at radius 1 is 0.821 bits per heavy atom. The highest BCUT2D eigenvalue weighted by Crippen LogP contribution is 2.25. The van der Waals surface area contributed by atoms with Crippen LogP contribution >= 0.6 is 0 Å². The molecule has 2 aromatic carbocycles. The molecule has 150 valence electrons. The molecule has 28 heavy (non-hydrogen) atoms. The number of rotatable bonds is 5. The zero-order valence-corrected chi connectivity index (χ0v) is 14.8. The second kappa shape index (κ2) is 8.59. The first-order chi connectivity index (χ1) is 13.4. The maximum absolute atomic E-state index is 10.00. The second-order valence-electron chi connectivity index (χ2n) is 6.50. The lowest BCUT2D eigenvalue weighted by Gasteiger charge is -2.39. The fourth-order valence-electron chi connectivity index (χ4n) is 2.86. The van der Waals surface area contributed by atoms with Crippen LogP contribution < -0.4 is 4.74 Å². The minimum absolute atomic E-state index is 0.0390. The molecule has 8 nitrogen and oxygen atoms in total. The van der Waals surface area contributed by atoms with Gasteiger partial charge in [0, 0.05) is 6.07 Å². The Morgan fingerprint density at radius 2 is 1.43 bits per heavy atom. The van der Waals surface area contributed by atoms with Crippen molar-refractivity contribution < 1.29 is 40.1 Å². The highest BCUT2D eigenvalue weighted by Gasteiger charge is 2.44. The normalized spacial score (nSPS) is 27.8. The average Bonchev–Trinajstić information content (AvgIpc) is 2.67. The molecule has 6 N–H and O–H groups in total. The molecule has 0 radical (unpaired) electrons. The van der Waals surface area contributed by atoms with Crippen molar-refractivity contribution in [1.29, 1.82) is 0 Å². The van der Waals surface area contributed by atoms with Gasteiger partial charge in [-0.1, -0.05) is 24.3 Å². The molecule has 0 aromatic heterocycles.